The standard InChI is InChI=1S/C18H13Cl2FN2O2/c19-13-3-1-2-12(6-13)18(25-10-24)9-14-8-17(23-22-14)11-4-5-16(21)15(20)7-11/h1-8,10,18H,9H2,(H,22,23). The van der Waals surface area contributed by atoms with Crippen LogP contribution in [0.15, 0.2) is 48.5 Å². The zero-order valence-corrected chi connectivity index (χ0v) is 14.4. The minimum atomic E-state index is -0.499. The number of carbonyl (C=O) groups excluding carboxylic acids is 1. The quantitative estimate of drug-likeness (QED) is 0.615. The van der Waals surface area contributed by atoms with Crippen LogP contribution in [0.4, 0.5) is 4.39 Å². The first kappa shape index (κ1) is 17.5. The van der Waals surface area contributed by atoms with E-state index in [1.54, 1.807) is 30.3 Å². The van der Waals surface area contributed by atoms with Crippen molar-refractivity contribution in [3.05, 3.63) is 75.7 Å². The number of H-pyrrole nitrogens is 1. The first-order valence-corrected chi connectivity index (χ1v) is 8.16. The Kier molecular flexibility index (Phi) is 5.36. The normalized spacial score (nSPS) is 12.0. The SMILES string of the molecule is O=COC(Cc1cc(-c2ccc(F)c(Cl)c2)n[nH]1)c1cccc(Cl)c1. The summed E-state index contributed by atoms with van der Waals surface area (Å²) in [6.45, 7) is 0.405. The Labute approximate surface area is 153 Å². The van der Waals surface area contributed by atoms with E-state index >= 15 is 0 Å². The van der Waals surface area contributed by atoms with Crippen LogP contribution in [0.5, 0.6) is 0 Å². The average molecular weight is 379 g/mol. The zero-order valence-electron chi connectivity index (χ0n) is 12.9. The van der Waals surface area contributed by atoms with Crippen LogP contribution in [0.1, 0.15) is 17.4 Å². The number of carbonyl (C=O) groups is 1. The van der Waals surface area contributed by atoms with Crippen LogP contribution >= 0.6 is 23.2 Å². The second kappa shape index (κ2) is 7.68. The van der Waals surface area contributed by atoms with E-state index < -0.39 is 11.9 Å². The molecule has 7 heteroatoms. The molecule has 0 radical (unpaired) electrons. The van der Waals surface area contributed by atoms with Crippen LogP contribution in [-0.2, 0) is 16.0 Å². The molecule has 0 fully saturated rings. The summed E-state index contributed by atoms with van der Waals surface area (Å²) in [6.07, 6.45) is -0.109. The van der Waals surface area contributed by atoms with Crippen LogP contribution in [0.3, 0.4) is 0 Å². The Balaban J connectivity index is 1.83. The number of aromatic nitrogens is 2. The van der Waals surface area contributed by atoms with Gasteiger partial charge in [-0.15, -0.1) is 0 Å². The molecule has 3 rings (SSSR count). The lowest BCUT2D eigenvalue weighted by Crippen LogP contribution is -2.07. The number of hydrogen-bond donors (Lipinski definition) is 1. The van der Waals surface area contributed by atoms with Crippen LogP contribution in [0, 0.1) is 5.82 Å². The lowest BCUT2D eigenvalue weighted by atomic mass is 10.0. The maximum absolute atomic E-state index is 13.3. The Hall–Kier alpha value is -2.37. The van der Waals surface area contributed by atoms with Crippen LogP contribution in [0.25, 0.3) is 11.3 Å². The Bertz CT molecular complexity index is 898. The van der Waals surface area contributed by atoms with Gasteiger partial charge in [0.15, 0.2) is 0 Å². The van der Waals surface area contributed by atoms with E-state index in [1.165, 1.54) is 12.1 Å². The summed E-state index contributed by atoms with van der Waals surface area (Å²) >= 11 is 11.8. The Morgan fingerprint density at radius 1 is 1.20 bits per heavy atom. The fraction of sp³-hybridized carbons (Fsp3) is 0.111. The van der Waals surface area contributed by atoms with Crippen molar-refractivity contribution in [3.63, 3.8) is 0 Å². The molecule has 25 heavy (non-hydrogen) atoms. The van der Waals surface area contributed by atoms with Crippen molar-refractivity contribution in [2.75, 3.05) is 0 Å². The highest BCUT2D eigenvalue weighted by atomic mass is 35.5. The van der Waals surface area contributed by atoms with Gasteiger partial charge in [0.1, 0.15) is 11.9 Å². The number of hydrogen-bond acceptors (Lipinski definition) is 3. The molecule has 0 aliphatic heterocycles. The maximum Gasteiger partial charge on any atom is 0.293 e. The predicted octanol–water partition coefficient (Wildman–Crippen LogP) is 4.98. The average Bonchev–Trinajstić information content (AvgIpc) is 3.05. The van der Waals surface area contributed by atoms with E-state index in [2.05, 4.69) is 10.2 Å². The summed E-state index contributed by atoms with van der Waals surface area (Å²) in [5.74, 6) is -0.485. The van der Waals surface area contributed by atoms with Gasteiger partial charge < -0.3 is 4.74 Å². The molecule has 1 N–H and O–H groups in total. The highest BCUT2D eigenvalue weighted by molar-refractivity contribution is 6.31. The van der Waals surface area contributed by atoms with E-state index in [9.17, 15) is 9.18 Å². The molecule has 0 saturated carbocycles. The van der Waals surface area contributed by atoms with Crippen molar-refractivity contribution >= 4 is 29.7 Å². The topological polar surface area (TPSA) is 55.0 Å². The molecule has 0 amide bonds. The maximum atomic E-state index is 13.3. The third-order valence-electron chi connectivity index (χ3n) is 3.69. The summed E-state index contributed by atoms with van der Waals surface area (Å²) in [7, 11) is 0. The van der Waals surface area contributed by atoms with E-state index in [4.69, 9.17) is 27.9 Å². The van der Waals surface area contributed by atoms with Gasteiger partial charge in [-0.05, 0) is 42.0 Å². The van der Waals surface area contributed by atoms with Gasteiger partial charge in [-0.1, -0.05) is 35.3 Å². The molecule has 2 aromatic carbocycles. The fourth-order valence-electron chi connectivity index (χ4n) is 2.49. The van der Waals surface area contributed by atoms with Gasteiger partial charge in [-0.2, -0.15) is 5.10 Å². The van der Waals surface area contributed by atoms with Gasteiger partial charge in [-0.3, -0.25) is 9.89 Å². The van der Waals surface area contributed by atoms with Gasteiger partial charge >= 0.3 is 0 Å². The minimum absolute atomic E-state index is 0.0307. The summed E-state index contributed by atoms with van der Waals surface area (Å²) in [4.78, 5) is 10.8. The zero-order chi connectivity index (χ0) is 17.8. The Morgan fingerprint density at radius 2 is 2.04 bits per heavy atom. The van der Waals surface area contributed by atoms with E-state index in [0.717, 1.165) is 11.3 Å². The van der Waals surface area contributed by atoms with Crippen molar-refractivity contribution in [3.8, 4) is 11.3 Å². The number of nitrogens with zero attached hydrogens (tertiary/aromatic N) is 1. The summed E-state index contributed by atoms with van der Waals surface area (Å²) in [6, 6.07) is 13.3. The van der Waals surface area contributed by atoms with Crippen LogP contribution < -0.4 is 0 Å². The molecule has 0 spiro atoms. The molecule has 4 nitrogen and oxygen atoms in total. The second-order valence-electron chi connectivity index (χ2n) is 5.39. The van der Waals surface area contributed by atoms with Gasteiger partial charge in [0, 0.05) is 22.7 Å². The molecule has 1 heterocycles. The highest BCUT2D eigenvalue weighted by Crippen LogP contribution is 2.27. The summed E-state index contributed by atoms with van der Waals surface area (Å²) in [5, 5.41) is 7.69. The molecular formula is C18H13Cl2FN2O2. The van der Waals surface area contributed by atoms with Crippen molar-refractivity contribution < 1.29 is 13.9 Å². The Morgan fingerprint density at radius 3 is 2.76 bits per heavy atom. The minimum Gasteiger partial charge on any atom is -0.459 e. The first-order valence-electron chi connectivity index (χ1n) is 7.41. The van der Waals surface area contributed by atoms with Crippen molar-refractivity contribution in [2.45, 2.75) is 12.5 Å². The van der Waals surface area contributed by atoms with E-state index in [-0.39, 0.29) is 5.02 Å². The van der Waals surface area contributed by atoms with Gasteiger partial charge in [0.25, 0.3) is 6.47 Å². The van der Waals surface area contributed by atoms with Gasteiger partial charge in [-0.25, -0.2) is 4.39 Å². The van der Waals surface area contributed by atoms with Gasteiger partial charge in [0.2, 0.25) is 0 Å². The number of aromatic amines is 1. The molecule has 128 valence electrons. The molecule has 3 aromatic rings. The van der Waals surface area contributed by atoms with Crippen molar-refractivity contribution in [1.29, 1.82) is 0 Å². The molecule has 1 aromatic heterocycles. The number of rotatable bonds is 6. The smallest absolute Gasteiger partial charge is 0.293 e. The monoisotopic (exact) mass is 378 g/mol. The number of halogens is 3. The molecule has 0 bridgehead atoms. The predicted molar refractivity (Wildman–Crippen MR) is 94.0 cm³/mol. The highest BCUT2D eigenvalue weighted by Gasteiger charge is 2.16. The van der Waals surface area contributed by atoms with Crippen molar-refractivity contribution in [2.24, 2.45) is 0 Å². The molecule has 1 atom stereocenters. The van der Waals surface area contributed by atoms with Crippen LogP contribution in [0.2, 0.25) is 10.0 Å². The first-order chi connectivity index (χ1) is 12.1. The molecule has 0 saturated heterocycles. The molecule has 0 aliphatic rings. The number of ether oxygens (including phenoxy) is 1. The largest absolute Gasteiger partial charge is 0.459 e. The molecule has 0 aliphatic carbocycles. The van der Waals surface area contributed by atoms with E-state index in [1.807, 2.05) is 6.07 Å². The van der Waals surface area contributed by atoms with E-state index in [0.29, 0.717) is 29.2 Å². The lowest BCUT2D eigenvalue weighted by molar-refractivity contribution is -0.133. The third kappa shape index (κ3) is 4.18. The third-order valence-corrected chi connectivity index (χ3v) is 4.22. The second-order valence-corrected chi connectivity index (χ2v) is 6.23. The fourth-order valence-corrected chi connectivity index (χ4v) is 2.87. The number of nitrogens with one attached hydrogen (secondary N) is 1. The molecular weight excluding hydrogens is 366 g/mol. The summed E-state index contributed by atoms with van der Waals surface area (Å²) in [5.41, 5.74) is 2.83. The van der Waals surface area contributed by atoms with Crippen molar-refractivity contribution in [1.82, 2.24) is 10.2 Å². The van der Waals surface area contributed by atoms with Gasteiger partial charge in [0.05, 0.1) is 10.7 Å². The number of benzene rings is 2. The summed E-state index contributed by atoms with van der Waals surface area (Å²) < 4.78 is 18.5. The molecule has 1 unspecified atom stereocenters. The van der Waals surface area contributed by atoms with Crippen LogP contribution in [-0.4, -0.2) is 16.7 Å². The lowest BCUT2D eigenvalue weighted by Gasteiger charge is -2.14.